The van der Waals surface area contributed by atoms with E-state index in [0.717, 1.165) is 0 Å². The molecule has 13 heteroatoms. The van der Waals surface area contributed by atoms with Crippen LogP contribution in [0.3, 0.4) is 0 Å². The molecule has 4 bridgehead atoms. The highest BCUT2D eigenvalue weighted by molar-refractivity contribution is 5.95. The first-order valence-corrected chi connectivity index (χ1v) is 11.3. The summed E-state index contributed by atoms with van der Waals surface area (Å²) in [5.74, 6) is 0.647. The molecule has 2 atom stereocenters. The van der Waals surface area contributed by atoms with Crippen LogP contribution in [0.1, 0.15) is 22.5 Å². The summed E-state index contributed by atoms with van der Waals surface area (Å²) in [6.07, 6.45) is 4.66. The summed E-state index contributed by atoms with van der Waals surface area (Å²) in [6.45, 7) is 2.11. The van der Waals surface area contributed by atoms with Gasteiger partial charge in [-0.05, 0) is 18.2 Å². The van der Waals surface area contributed by atoms with Gasteiger partial charge in [-0.25, -0.2) is 9.67 Å². The number of hydrogen-bond acceptors (Lipinski definition) is 9. The highest BCUT2D eigenvalue weighted by Crippen LogP contribution is 2.28. The maximum absolute atomic E-state index is 13.1. The largest absolute Gasteiger partial charge is 0.493 e. The van der Waals surface area contributed by atoms with Crippen LogP contribution < -0.4 is 14.8 Å². The maximum atomic E-state index is 13.1. The summed E-state index contributed by atoms with van der Waals surface area (Å²) < 4.78 is 20.6. The zero-order chi connectivity index (χ0) is 24.2. The third kappa shape index (κ3) is 5.24. The summed E-state index contributed by atoms with van der Waals surface area (Å²) in [6, 6.07) is 4.61. The second-order valence-electron chi connectivity index (χ2n) is 8.32. The van der Waals surface area contributed by atoms with Crippen LogP contribution in [0.15, 0.2) is 37.1 Å². The van der Waals surface area contributed by atoms with Gasteiger partial charge >= 0.3 is 0 Å². The quantitative estimate of drug-likeness (QED) is 0.539. The van der Waals surface area contributed by atoms with Crippen molar-refractivity contribution in [2.24, 2.45) is 0 Å². The zero-order valence-corrected chi connectivity index (χ0v) is 19.2. The van der Waals surface area contributed by atoms with Crippen LogP contribution in [-0.2, 0) is 29.2 Å². The van der Waals surface area contributed by atoms with Crippen molar-refractivity contribution in [1.82, 2.24) is 40.0 Å². The number of carbonyl (C=O) groups is 2. The molecule has 1 N–H and O–H groups in total. The van der Waals surface area contributed by atoms with Gasteiger partial charge < -0.3 is 24.4 Å². The van der Waals surface area contributed by atoms with Crippen molar-refractivity contribution in [3.05, 3.63) is 48.3 Å². The summed E-state index contributed by atoms with van der Waals surface area (Å²) in [4.78, 5) is 31.6. The van der Waals surface area contributed by atoms with Crippen LogP contribution in [0.2, 0.25) is 0 Å². The predicted octanol–water partition coefficient (Wildman–Crippen LogP) is -0.113. The number of rotatable bonds is 4. The number of nitrogens with one attached hydrogen (secondary N) is 1. The van der Waals surface area contributed by atoms with E-state index in [2.05, 4.69) is 25.7 Å². The summed E-state index contributed by atoms with van der Waals surface area (Å²) in [5, 5.41) is 15.3. The Morgan fingerprint density at radius 3 is 3.06 bits per heavy atom. The number of aryl methyl sites for hydroxylation is 1. The Kier molecular flexibility index (Phi) is 6.57. The molecule has 0 radical (unpaired) electrons. The van der Waals surface area contributed by atoms with Crippen molar-refractivity contribution in [2.45, 2.75) is 38.3 Å². The van der Waals surface area contributed by atoms with Gasteiger partial charge in [0.15, 0.2) is 11.5 Å². The summed E-state index contributed by atoms with van der Waals surface area (Å²) in [5.41, 5.74) is 1.08. The van der Waals surface area contributed by atoms with E-state index in [9.17, 15) is 9.59 Å². The van der Waals surface area contributed by atoms with Gasteiger partial charge in [-0.15, -0.1) is 5.10 Å². The van der Waals surface area contributed by atoms with E-state index in [-0.39, 0.29) is 24.8 Å². The zero-order valence-electron chi connectivity index (χ0n) is 19.2. The summed E-state index contributed by atoms with van der Waals surface area (Å²) >= 11 is 0. The molecule has 1 aromatic carbocycles. The average Bonchev–Trinajstić information content (AvgIpc) is 3.62. The van der Waals surface area contributed by atoms with Crippen LogP contribution >= 0.6 is 0 Å². The number of ether oxygens (including phenoxy) is 3. The highest BCUT2D eigenvalue weighted by atomic mass is 16.5. The molecule has 2 aromatic heterocycles. The lowest BCUT2D eigenvalue weighted by Gasteiger charge is -2.20. The van der Waals surface area contributed by atoms with Crippen LogP contribution in [0.4, 0.5) is 0 Å². The van der Waals surface area contributed by atoms with Crippen molar-refractivity contribution in [3.8, 4) is 11.5 Å². The number of hydrogen-bond donors (Lipinski definition) is 1. The number of nitrogens with zero attached hydrogens (tertiary/aromatic N) is 7. The Balaban J connectivity index is 1.35. The van der Waals surface area contributed by atoms with Gasteiger partial charge in [-0.2, -0.15) is 5.10 Å². The van der Waals surface area contributed by atoms with E-state index in [1.54, 1.807) is 52.1 Å². The molecule has 0 unspecified atom stereocenters. The van der Waals surface area contributed by atoms with Crippen molar-refractivity contribution in [3.63, 3.8) is 0 Å². The molecule has 1 saturated heterocycles. The van der Waals surface area contributed by atoms with E-state index < -0.39 is 12.1 Å². The molecule has 2 amide bonds. The molecule has 3 aromatic rings. The second kappa shape index (κ2) is 10.1. The highest BCUT2D eigenvalue weighted by Gasteiger charge is 2.37. The standard InChI is InChI=1S/C22H26N8O5/c1-33-18-3-2-15-8-19(18)34-7-6-29-9-16(26-27-29)12-35-20-11-28(10-17(20)25-22(15)32)21(31)4-5-30-14-23-13-24-30/h2-3,8-9,13-14,17,20H,4-7,10-12H2,1H3,(H,25,32)/t17-,20-/m0/s1. The number of methoxy groups -OCH3 is 1. The van der Waals surface area contributed by atoms with Gasteiger partial charge in [0.05, 0.1) is 45.1 Å². The lowest BCUT2D eigenvalue weighted by molar-refractivity contribution is -0.131. The van der Waals surface area contributed by atoms with E-state index in [1.807, 2.05) is 0 Å². The number of fused-ring (bicyclic) bond motifs is 5. The van der Waals surface area contributed by atoms with E-state index >= 15 is 0 Å². The van der Waals surface area contributed by atoms with Crippen LogP contribution in [0.25, 0.3) is 0 Å². The first-order valence-electron chi connectivity index (χ1n) is 11.3. The lowest BCUT2D eigenvalue weighted by atomic mass is 10.1. The van der Waals surface area contributed by atoms with Crippen LogP contribution in [-0.4, -0.2) is 85.4 Å². The first-order chi connectivity index (χ1) is 17.1. The molecular formula is C22H26N8O5. The minimum Gasteiger partial charge on any atom is -0.493 e. The summed E-state index contributed by atoms with van der Waals surface area (Å²) in [7, 11) is 1.54. The third-order valence-electron chi connectivity index (χ3n) is 5.99. The third-order valence-corrected chi connectivity index (χ3v) is 5.99. The van der Waals surface area contributed by atoms with Gasteiger partial charge in [0.25, 0.3) is 5.91 Å². The van der Waals surface area contributed by atoms with Crippen molar-refractivity contribution in [1.29, 1.82) is 0 Å². The molecule has 2 aliphatic rings. The number of carbonyl (C=O) groups excluding carboxylic acids is 2. The predicted molar refractivity (Wildman–Crippen MR) is 120 cm³/mol. The van der Waals surface area contributed by atoms with Gasteiger partial charge in [-0.1, -0.05) is 5.21 Å². The minimum atomic E-state index is -0.404. The Bertz CT molecular complexity index is 1180. The first kappa shape index (κ1) is 22.8. The molecule has 4 heterocycles. The maximum Gasteiger partial charge on any atom is 0.251 e. The van der Waals surface area contributed by atoms with Crippen molar-refractivity contribution >= 4 is 11.8 Å². The molecular weight excluding hydrogens is 456 g/mol. The van der Waals surface area contributed by atoms with E-state index in [1.165, 1.54) is 6.33 Å². The smallest absolute Gasteiger partial charge is 0.251 e. The molecule has 13 nitrogen and oxygen atoms in total. The van der Waals surface area contributed by atoms with Gasteiger partial charge in [0.2, 0.25) is 5.91 Å². The second-order valence-corrected chi connectivity index (χ2v) is 8.32. The SMILES string of the molecule is COc1ccc2cc1OCCn1cc(nn1)CO[C@H]1CN(C(=O)CCn3cncn3)C[C@@H]1NC2=O. The van der Waals surface area contributed by atoms with Crippen molar-refractivity contribution < 1.29 is 23.8 Å². The Morgan fingerprint density at radius 2 is 2.23 bits per heavy atom. The molecule has 0 saturated carbocycles. The van der Waals surface area contributed by atoms with Gasteiger partial charge in [-0.3, -0.25) is 14.3 Å². The molecule has 0 aliphatic carbocycles. The van der Waals surface area contributed by atoms with Crippen molar-refractivity contribution in [2.75, 3.05) is 26.8 Å². The number of aromatic nitrogens is 6. The van der Waals surface area contributed by atoms with Gasteiger partial charge in [0.1, 0.15) is 25.0 Å². The number of amides is 2. The average molecular weight is 483 g/mol. The monoisotopic (exact) mass is 482 g/mol. The Morgan fingerprint density at radius 1 is 1.31 bits per heavy atom. The molecule has 5 rings (SSSR count). The lowest BCUT2D eigenvalue weighted by Crippen LogP contribution is -2.44. The topological polar surface area (TPSA) is 139 Å². The van der Waals surface area contributed by atoms with E-state index in [4.69, 9.17) is 14.2 Å². The molecule has 184 valence electrons. The Hall–Kier alpha value is -4.00. The number of benzene rings is 1. The molecule has 1 fully saturated rings. The fourth-order valence-corrected chi connectivity index (χ4v) is 4.14. The molecule has 2 aliphatic heterocycles. The van der Waals surface area contributed by atoms with E-state index in [0.29, 0.717) is 55.5 Å². The fraction of sp³-hybridized carbons (Fsp3) is 0.455. The molecule has 35 heavy (non-hydrogen) atoms. The Labute approximate surface area is 201 Å². The minimum absolute atomic E-state index is 0.0497. The van der Waals surface area contributed by atoms with Crippen LogP contribution in [0, 0.1) is 0 Å². The number of likely N-dealkylation sites (tertiary alicyclic amines) is 1. The normalized spacial score (nSPS) is 20.3. The van der Waals surface area contributed by atoms with Crippen LogP contribution in [0.5, 0.6) is 11.5 Å². The van der Waals surface area contributed by atoms with Gasteiger partial charge in [0, 0.05) is 25.1 Å². The fourth-order valence-electron chi connectivity index (χ4n) is 4.14. The molecule has 0 spiro atoms.